The van der Waals surface area contributed by atoms with Crippen LogP contribution in [0.3, 0.4) is 0 Å². The Bertz CT molecular complexity index is 125. The zero-order valence-corrected chi connectivity index (χ0v) is 10.2. The molecule has 0 aliphatic rings. The molecule has 0 fully saturated rings. The first-order valence-electron chi connectivity index (χ1n) is 4.53. The summed E-state index contributed by atoms with van der Waals surface area (Å²) in [5, 5.41) is 0. The Morgan fingerprint density at radius 1 is 1.36 bits per heavy atom. The summed E-state index contributed by atoms with van der Waals surface area (Å²) in [6.45, 7) is 2.08. The van der Waals surface area contributed by atoms with Crippen molar-refractivity contribution in [2.75, 3.05) is 19.6 Å². The van der Waals surface area contributed by atoms with E-state index in [0.29, 0.717) is 6.42 Å². The number of carbonyl (C=O) groups is 1. The third-order valence-electron chi connectivity index (χ3n) is 1.16. The van der Waals surface area contributed by atoms with Crippen LogP contribution in [0.1, 0.15) is 32.6 Å². The van der Waals surface area contributed by atoms with Crippen molar-refractivity contribution in [3.05, 3.63) is 0 Å². The molecule has 0 aromatic rings. The Morgan fingerprint density at radius 2 is 1.86 bits per heavy atom. The van der Waals surface area contributed by atoms with Gasteiger partial charge in [0.1, 0.15) is 0 Å². The predicted octanol–water partition coefficient (Wildman–Crippen LogP) is 1.67. The highest BCUT2D eigenvalue weighted by Crippen LogP contribution is 1.99. The SMILES string of the molecule is CCCCCC(=O)OOC.C[S+](C)[O-]. The summed E-state index contributed by atoms with van der Waals surface area (Å²) in [6.07, 6.45) is 6.81. The average Bonchev–Trinajstić information content (AvgIpc) is 2.04. The second-order valence-corrected chi connectivity index (χ2v) is 4.30. The van der Waals surface area contributed by atoms with Gasteiger partial charge in [-0.25, -0.2) is 4.79 Å². The van der Waals surface area contributed by atoms with Gasteiger partial charge in [-0.15, -0.1) is 0 Å². The highest BCUT2D eigenvalue weighted by molar-refractivity contribution is 7.89. The Balaban J connectivity index is 0. The van der Waals surface area contributed by atoms with E-state index in [1.807, 2.05) is 0 Å². The molecule has 0 bridgehead atoms. The van der Waals surface area contributed by atoms with Gasteiger partial charge in [-0.1, -0.05) is 30.9 Å². The molecule has 0 unspecified atom stereocenters. The Morgan fingerprint density at radius 3 is 2.21 bits per heavy atom. The molecule has 0 aliphatic heterocycles. The van der Waals surface area contributed by atoms with Gasteiger partial charge >= 0.3 is 5.97 Å². The molecule has 0 aromatic carbocycles. The maximum Gasteiger partial charge on any atom is 0.342 e. The number of hydrogen-bond acceptors (Lipinski definition) is 4. The van der Waals surface area contributed by atoms with Crippen molar-refractivity contribution < 1.29 is 19.1 Å². The predicted molar refractivity (Wildman–Crippen MR) is 57.2 cm³/mol. The van der Waals surface area contributed by atoms with E-state index >= 15 is 0 Å². The smallest absolute Gasteiger partial charge is 0.342 e. The summed E-state index contributed by atoms with van der Waals surface area (Å²) < 4.78 is 9.56. The quantitative estimate of drug-likeness (QED) is 0.308. The Labute approximate surface area is 89.1 Å². The number of hydrogen-bond donors (Lipinski definition) is 0. The van der Waals surface area contributed by atoms with Crippen molar-refractivity contribution in [3.8, 4) is 0 Å². The molecule has 0 saturated heterocycles. The van der Waals surface area contributed by atoms with E-state index in [1.54, 1.807) is 12.5 Å². The lowest BCUT2D eigenvalue weighted by molar-refractivity contribution is -0.255. The minimum Gasteiger partial charge on any atom is -0.617 e. The summed E-state index contributed by atoms with van der Waals surface area (Å²) in [4.78, 5) is 19.0. The monoisotopic (exact) mass is 224 g/mol. The van der Waals surface area contributed by atoms with E-state index < -0.39 is 11.2 Å². The number of carbonyl (C=O) groups excluding carboxylic acids is 1. The molecule has 14 heavy (non-hydrogen) atoms. The fraction of sp³-hybridized carbons (Fsp3) is 0.889. The minimum absolute atomic E-state index is 0.282. The van der Waals surface area contributed by atoms with Crippen LogP contribution in [-0.2, 0) is 25.7 Å². The van der Waals surface area contributed by atoms with Crippen LogP contribution in [-0.4, -0.2) is 30.1 Å². The van der Waals surface area contributed by atoms with Crippen LogP contribution in [0.25, 0.3) is 0 Å². The number of rotatable bonds is 5. The molecular weight excluding hydrogens is 204 g/mol. The molecule has 0 heterocycles. The first-order valence-corrected chi connectivity index (χ1v) is 6.49. The van der Waals surface area contributed by atoms with Crippen LogP contribution >= 0.6 is 0 Å². The zero-order valence-electron chi connectivity index (χ0n) is 9.37. The summed E-state index contributed by atoms with van der Waals surface area (Å²) in [5.41, 5.74) is 0. The van der Waals surface area contributed by atoms with E-state index in [4.69, 9.17) is 0 Å². The molecule has 4 nitrogen and oxygen atoms in total. The second kappa shape index (κ2) is 12.7. The van der Waals surface area contributed by atoms with Gasteiger partial charge in [0.15, 0.2) is 0 Å². The lowest BCUT2D eigenvalue weighted by atomic mass is 10.2. The zero-order chi connectivity index (χ0) is 11.4. The van der Waals surface area contributed by atoms with Crippen molar-refractivity contribution in [2.45, 2.75) is 32.6 Å². The summed E-state index contributed by atoms with van der Waals surface area (Å²) in [5.74, 6) is -0.282. The van der Waals surface area contributed by atoms with Crippen LogP contribution < -0.4 is 0 Å². The van der Waals surface area contributed by atoms with Crippen LogP contribution in [0.15, 0.2) is 0 Å². The van der Waals surface area contributed by atoms with Gasteiger partial charge in [-0.2, -0.15) is 4.89 Å². The van der Waals surface area contributed by atoms with Gasteiger partial charge < -0.3 is 4.55 Å². The van der Waals surface area contributed by atoms with E-state index in [0.717, 1.165) is 19.3 Å². The molecule has 0 atom stereocenters. The van der Waals surface area contributed by atoms with Gasteiger partial charge in [0.2, 0.25) is 0 Å². The average molecular weight is 224 g/mol. The second-order valence-electron chi connectivity index (χ2n) is 2.82. The van der Waals surface area contributed by atoms with Crippen LogP contribution in [0.4, 0.5) is 0 Å². The first-order chi connectivity index (χ1) is 6.54. The molecule has 0 N–H and O–H groups in total. The molecule has 0 spiro atoms. The third kappa shape index (κ3) is 22.6. The first kappa shape index (κ1) is 16.2. The highest BCUT2D eigenvalue weighted by atomic mass is 32.2. The molecule has 5 heteroatoms. The molecule has 0 rings (SSSR count). The fourth-order valence-electron chi connectivity index (χ4n) is 0.654. The minimum atomic E-state index is -0.611. The van der Waals surface area contributed by atoms with Gasteiger partial charge in [-0.05, 0) is 6.42 Å². The lowest BCUT2D eigenvalue weighted by Gasteiger charge is -1.97. The normalized spacial score (nSPS) is 9.29. The van der Waals surface area contributed by atoms with Crippen molar-refractivity contribution in [2.24, 2.45) is 0 Å². The molecular formula is C9H20O4S. The maximum atomic E-state index is 10.6. The molecule has 0 amide bonds. The molecule has 86 valence electrons. The molecule has 0 aliphatic carbocycles. The number of unbranched alkanes of at least 4 members (excludes halogenated alkanes) is 2. The Kier molecular flexibility index (Phi) is 14.7. The molecule has 0 saturated carbocycles. The van der Waals surface area contributed by atoms with Crippen LogP contribution in [0.5, 0.6) is 0 Å². The Hall–Kier alpha value is -0.260. The van der Waals surface area contributed by atoms with Crippen LogP contribution in [0.2, 0.25) is 0 Å². The van der Waals surface area contributed by atoms with Crippen molar-refractivity contribution in [1.82, 2.24) is 0 Å². The largest absolute Gasteiger partial charge is 0.617 e. The molecule has 0 aromatic heterocycles. The summed E-state index contributed by atoms with van der Waals surface area (Å²) in [7, 11) is 1.33. The third-order valence-corrected chi connectivity index (χ3v) is 1.16. The van der Waals surface area contributed by atoms with Gasteiger partial charge in [0.25, 0.3) is 0 Å². The lowest BCUT2D eigenvalue weighted by Crippen LogP contribution is -2.02. The van der Waals surface area contributed by atoms with Crippen molar-refractivity contribution >= 4 is 17.1 Å². The molecule has 0 radical (unpaired) electrons. The van der Waals surface area contributed by atoms with E-state index in [-0.39, 0.29) is 5.97 Å². The van der Waals surface area contributed by atoms with Crippen molar-refractivity contribution in [3.63, 3.8) is 0 Å². The standard InChI is InChI=1S/C7H14O3.C2H6OS/c1-3-4-5-6-7(8)10-9-2;1-4(2)3/h3-6H2,1-2H3;1-2H3. The van der Waals surface area contributed by atoms with Crippen molar-refractivity contribution in [1.29, 1.82) is 0 Å². The fourth-order valence-corrected chi connectivity index (χ4v) is 0.654. The van der Waals surface area contributed by atoms with Gasteiger partial charge in [0, 0.05) is 6.42 Å². The summed E-state index contributed by atoms with van der Waals surface area (Å²) >= 11 is -0.611. The highest BCUT2D eigenvalue weighted by Gasteiger charge is 2.00. The van der Waals surface area contributed by atoms with Crippen LogP contribution in [0, 0.1) is 0 Å². The van der Waals surface area contributed by atoms with E-state index in [9.17, 15) is 9.35 Å². The topological polar surface area (TPSA) is 58.6 Å². The van der Waals surface area contributed by atoms with Gasteiger partial charge in [-0.3, -0.25) is 4.89 Å². The van der Waals surface area contributed by atoms with Gasteiger partial charge in [0.05, 0.1) is 19.6 Å². The van der Waals surface area contributed by atoms with E-state index in [1.165, 1.54) is 7.11 Å². The maximum absolute atomic E-state index is 10.6. The summed E-state index contributed by atoms with van der Waals surface area (Å²) in [6, 6.07) is 0. The van der Waals surface area contributed by atoms with E-state index in [2.05, 4.69) is 16.7 Å².